The number of benzene rings is 2. The highest BCUT2D eigenvalue weighted by Gasteiger charge is 2.00. The number of carbonyl (C=O) groups excluding carboxylic acids is 1. The Labute approximate surface area is 106 Å². The zero-order valence-electron chi connectivity index (χ0n) is 10.2. The van der Waals surface area contributed by atoms with Crippen molar-refractivity contribution in [2.75, 3.05) is 0 Å². The second-order valence-electron chi connectivity index (χ2n) is 4.17. The van der Waals surface area contributed by atoms with Crippen LogP contribution in [0, 0.1) is 6.92 Å². The highest BCUT2D eigenvalue weighted by Crippen LogP contribution is 2.14. The van der Waals surface area contributed by atoms with Gasteiger partial charge in [0.2, 0.25) is 5.91 Å². The Morgan fingerprint density at radius 3 is 2.50 bits per heavy atom. The van der Waals surface area contributed by atoms with Crippen molar-refractivity contribution in [3.63, 3.8) is 0 Å². The van der Waals surface area contributed by atoms with Gasteiger partial charge in [0.05, 0.1) is 0 Å². The zero-order chi connectivity index (χ0) is 13.0. The molecule has 0 aromatic heterocycles. The first kappa shape index (κ1) is 12.2. The van der Waals surface area contributed by atoms with Crippen molar-refractivity contribution in [1.82, 2.24) is 0 Å². The summed E-state index contributed by atoms with van der Waals surface area (Å²) in [7, 11) is 0. The van der Waals surface area contributed by atoms with E-state index in [0.717, 1.165) is 11.3 Å². The van der Waals surface area contributed by atoms with Crippen molar-refractivity contribution in [1.29, 1.82) is 0 Å². The van der Waals surface area contributed by atoms with E-state index in [1.54, 1.807) is 24.3 Å². The molecule has 2 aromatic carbocycles. The second kappa shape index (κ2) is 5.36. The fourth-order valence-electron chi connectivity index (χ4n) is 1.68. The minimum atomic E-state index is -0.430. The smallest absolute Gasteiger partial charge is 0.248 e. The van der Waals surface area contributed by atoms with Crippen LogP contribution >= 0.6 is 0 Å². The molecule has 0 saturated carbocycles. The topological polar surface area (TPSA) is 52.3 Å². The Hall–Kier alpha value is -2.29. The van der Waals surface area contributed by atoms with Crippen LogP contribution in [0.2, 0.25) is 0 Å². The van der Waals surface area contributed by atoms with Crippen LogP contribution in [0.5, 0.6) is 5.75 Å². The van der Waals surface area contributed by atoms with Crippen molar-refractivity contribution < 1.29 is 9.53 Å². The number of nitrogens with two attached hydrogens (primary N) is 1. The summed E-state index contributed by atoms with van der Waals surface area (Å²) in [5, 5.41) is 0. The van der Waals surface area contributed by atoms with Gasteiger partial charge >= 0.3 is 0 Å². The maximum atomic E-state index is 10.9. The molecule has 0 radical (unpaired) electrons. The third-order valence-corrected chi connectivity index (χ3v) is 2.63. The molecule has 0 saturated heterocycles. The van der Waals surface area contributed by atoms with Crippen molar-refractivity contribution in [2.24, 2.45) is 5.73 Å². The lowest BCUT2D eigenvalue weighted by atomic mass is 10.1. The molecule has 0 aliphatic carbocycles. The molecule has 0 unspecified atom stereocenters. The van der Waals surface area contributed by atoms with E-state index < -0.39 is 5.91 Å². The molecular weight excluding hydrogens is 226 g/mol. The summed E-state index contributed by atoms with van der Waals surface area (Å²) in [5.74, 6) is 0.293. The lowest BCUT2D eigenvalue weighted by Crippen LogP contribution is -2.10. The Morgan fingerprint density at radius 2 is 1.89 bits per heavy atom. The summed E-state index contributed by atoms with van der Waals surface area (Å²) in [6.45, 7) is 2.56. The predicted octanol–water partition coefficient (Wildman–Crippen LogP) is 2.67. The third kappa shape index (κ3) is 3.10. The fraction of sp³-hybridized carbons (Fsp3) is 0.133. The average molecular weight is 241 g/mol. The van der Waals surface area contributed by atoms with Gasteiger partial charge < -0.3 is 10.5 Å². The van der Waals surface area contributed by atoms with Gasteiger partial charge in [-0.05, 0) is 36.8 Å². The normalized spacial score (nSPS) is 10.1. The highest BCUT2D eigenvalue weighted by atomic mass is 16.5. The van der Waals surface area contributed by atoms with E-state index in [1.807, 2.05) is 25.1 Å². The average Bonchev–Trinajstić information content (AvgIpc) is 2.37. The number of rotatable bonds is 4. The standard InChI is InChI=1S/C15H15NO2/c1-11-3-2-4-12(9-11)10-18-14-7-5-13(6-8-14)15(16)17/h2-9H,10H2,1H3,(H2,16,17). The molecule has 0 fully saturated rings. The minimum Gasteiger partial charge on any atom is -0.489 e. The number of amides is 1. The quantitative estimate of drug-likeness (QED) is 0.894. The first-order valence-electron chi connectivity index (χ1n) is 5.73. The number of hydrogen-bond acceptors (Lipinski definition) is 2. The number of primary amides is 1. The highest BCUT2D eigenvalue weighted by molar-refractivity contribution is 5.92. The van der Waals surface area contributed by atoms with Crippen LogP contribution in [0.25, 0.3) is 0 Å². The van der Waals surface area contributed by atoms with E-state index in [9.17, 15) is 4.79 Å². The maximum absolute atomic E-state index is 10.9. The Morgan fingerprint density at radius 1 is 1.17 bits per heavy atom. The second-order valence-corrected chi connectivity index (χ2v) is 4.17. The Balaban J connectivity index is 2.00. The van der Waals surface area contributed by atoms with Gasteiger partial charge in [-0.2, -0.15) is 0 Å². The van der Waals surface area contributed by atoms with Crippen molar-refractivity contribution >= 4 is 5.91 Å². The Kier molecular flexibility index (Phi) is 3.63. The molecular formula is C15H15NO2. The van der Waals surface area contributed by atoms with Crippen LogP contribution in [0.4, 0.5) is 0 Å². The van der Waals surface area contributed by atoms with Crippen LogP contribution < -0.4 is 10.5 Å². The van der Waals surface area contributed by atoms with E-state index in [4.69, 9.17) is 10.5 Å². The summed E-state index contributed by atoms with van der Waals surface area (Å²) < 4.78 is 5.63. The van der Waals surface area contributed by atoms with Gasteiger partial charge in [-0.15, -0.1) is 0 Å². The van der Waals surface area contributed by atoms with E-state index in [0.29, 0.717) is 12.2 Å². The van der Waals surface area contributed by atoms with Gasteiger partial charge in [0, 0.05) is 5.56 Å². The van der Waals surface area contributed by atoms with Gasteiger partial charge in [0.1, 0.15) is 12.4 Å². The molecule has 92 valence electrons. The van der Waals surface area contributed by atoms with Crippen LogP contribution in [0.15, 0.2) is 48.5 Å². The zero-order valence-corrected chi connectivity index (χ0v) is 10.2. The lowest BCUT2D eigenvalue weighted by molar-refractivity contribution is 0.100. The molecule has 0 atom stereocenters. The number of carbonyl (C=O) groups is 1. The molecule has 3 heteroatoms. The molecule has 0 spiro atoms. The van der Waals surface area contributed by atoms with E-state index in [1.165, 1.54) is 5.56 Å². The predicted molar refractivity (Wildman–Crippen MR) is 70.5 cm³/mol. The molecule has 2 aromatic rings. The van der Waals surface area contributed by atoms with Crippen LogP contribution in [-0.2, 0) is 6.61 Å². The number of ether oxygens (including phenoxy) is 1. The molecule has 0 aliphatic rings. The van der Waals surface area contributed by atoms with Crippen LogP contribution in [0.3, 0.4) is 0 Å². The molecule has 2 N–H and O–H groups in total. The van der Waals surface area contributed by atoms with Crippen LogP contribution in [-0.4, -0.2) is 5.91 Å². The van der Waals surface area contributed by atoms with Gasteiger partial charge in [0.15, 0.2) is 0 Å². The maximum Gasteiger partial charge on any atom is 0.248 e. The summed E-state index contributed by atoms with van der Waals surface area (Å²) in [6.07, 6.45) is 0. The van der Waals surface area contributed by atoms with Gasteiger partial charge in [0.25, 0.3) is 0 Å². The lowest BCUT2D eigenvalue weighted by Gasteiger charge is -2.07. The summed E-state index contributed by atoms with van der Waals surface area (Å²) in [5.41, 5.74) is 7.98. The molecule has 0 bridgehead atoms. The molecule has 0 aliphatic heterocycles. The monoisotopic (exact) mass is 241 g/mol. The molecule has 3 nitrogen and oxygen atoms in total. The fourth-order valence-corrected chi connectivity index (χ4v) is 1.68. The van der Waals surface area contributed by atoms with Gasteiger partial charge in [-0.1, -0.05) is 29.8 Å². The van der Waals surface area contributed by atoms with E-state index in [2.05, 4.69) is 6.07 Å². The van der Waals surface area contributed by atoms with Crippen LogP contribution in [0.1, 0.15) is 21.5 Å². The molecule has 1 amide bonds. The van der Waals surface area contributed by atoms with Crippen molar-refractivity contribution in [3.05, 3.63) is 65.2 Å². The van der Waals surface area contributed by atoms with Crippen molar-refractivity contribution in [2.45, 2.75) is 13.5 Å². The van der Waals surface area contributed by atoms with Crippen molar-refractivity contribution in [3.8, 4) is 5.75 Å². The van der Waals surface area contributed by atoms with E-state index in [-0.39, 0.29) is 0 Å². The van der Waals surface area contributed by atoms with E-state index >= 15 is 0 Å². The Bertz CT molecular complexity index is 547. The molecule has 2 rings (SSSR count). The molecule has 0 heterocycles. The number of aryl methyl sites for hydroxylation is 1. The SMILES string of the molecule is Cc1cccc(COc2ccc(C(N)=O)cc2)c1. The first-order valence-corrected chi connectivity index (χ1v) is 5.73. The summed E-state index contributed by atoms with van der Waals surface area (Å²) >= 11 is 0. The van der Waals surface area contributed by atoms with Gasteiger partial charge in [-0.3, -0.25) is 4.79 Å². The largest absolute Gasteiger partial charge is 0.489 e. The van der Waals surface area contributed by atoms with Gasteiger partial charge in [-0.25, -0.2) is 0 Å². The first-order chi connectivity index (χ1) is 8.65. The summed E-state index contributed by atoms with van der Waals surface area (Å²) in [6, 6.07) is 15.0. The number of hydrogen-bond donors (Lipinski definition) is 1. The minimum absolute atomic E-state index is 0.430. The summed E-state index contributed by atoms with van der Waals surface area (Å²) in [4.78, 5) is 10.9. The molecule has 18 heavy (non-hydrogen) atoms. The third-order valence-electron chi connectivity index (χ3n) is 2.63.